The molecule has 1 saturated carbocycles. The van der Waals surface area contributed by atoms with Crippen LogP contribution in [0.4, 0.5) is 5.69 Å². The molecule has 658 valence electrons. The highest BCUT2D eigenvalue weighted by Gasteiger charge is 2.43. The molecular formula is C73H118N10O32S. The van der Waals surface area contributed by atoms with Gasteiger partial charge in [0.25, 0.3) is 6.47 Å². The molecule has 2 unspecified atom stereocenters. The lowest BCUT2D eigenvalue weighted by atomic mass is 9.90. The Morgan fingerprint density at radius 2 is 0.940 bits per heavy atom. The molecule has 2 rings (SSSR count). The molecule has 0 saturated heterocycles. The fraction of sp³-hybridized carbons (Fsp3) is 0.712. The molecule has 0 spiro atoms. The third-order valence-corrected chi connectivity index (χ3v) is 20.6. The summed E-state index contributed by atoms with van der Waals surface area (Å²) >= 11 is 0.734. The number of hydrogen-bond acceptors (Lipinski definition) is 33. The zero-order valence-corrected chi connectivity index (χ0v) is 66.1. The van der Waals surface area contributed by atoms with E-state index in [9.17, 15) is 143 Å². The predicted octanol–water partition coefficient (Wildman–Crippen LogP) is -9.01. The molecule has 0 aromatic heterocycles. The van der Waals surface area contributed by atoms with E-state index in [1.54, 1.807) is 38.1 Å². The number of aliphatic hydroxyl groups excluding tert-OH is 15. The number of Topliss-reactive ketones (excluding diaryl/α,β-unsaturated/α-hetero) is 4. The second-order valence-electron chi connectivity index (χ2n) is 28.8. The third-order valence-electron chi connectivity index (χ3n) is 19.3. The number of carboxylic acids is 1. The molecule has 0 bridgehead atoms. The van der Waals surface area contributed by atoms with E-state index in [0.29, 0.717) is 30.6 Å². The number of carboxylic acid groups (broad SMARTS) is 1. The maximum atomic E-state index is 14.5. The second kappa shape index (κ2) is 54.0. The Balaban J connectivity index is 2.33. The predicted molar refractivity (Wildman–Crippen MR) is 406 cm³/mol. The Morgan fingerprint density at radius 3 is 1.35 bits per heavy atom. The molecule has 1 aliphatic rings. The van der Waals surface area contributed by atoms with Crippen molar-refractivity contribution in [2.45, 2.75) is 259 Å². The van der Waals surface area contributed by atoms with Crippen LogP contribution in [0.15, 0.2) is 24.3 Å². The van der Waals surface area contributed by atoms with Crippen molar-refractivity contribution in [3.05, 3.63) is 29.8 Å². The number of carbonyl (C=O) groups is 15. The maximum Gasteiger partial charge on any atom is 0.327 e. The van der Waals surface area contributed by atoms with Crippen molar-refractivity contribution in [2.75, 3.05) is 50.5 Å². The first kappa shape index (κ1) is 104. The maximum absolute atomic E-state index is 14.5. The van der Waals surface area contributed by atoms with E-state index in [2.05, 4.69) is 47.9 Å². The van der Waals surface area contributed by atoms with Crippen molar-refractivity contribution in [3.63, 3.8) is 0 Å². The highest BCUT2D eigenvalue weighted by atomic mass is 32.2. The first-order chi connectivity index (χ1) is 54.6. The van der Waals surface area contributed by atoms with Crippen LogP contribution >= 0.6 is 11.8 Å². The molecular weight excluding hydrogens is 1560 g/mol. The van der Waals surface area contributed by atoms with E-state index in [1.807, 2.05) is 0 Å². The van der Waals surface area contributed by atoms with Gasteiger partial charge in [0, 0.05) is 87.9 Å². The van der Waals surface area contributed by atoms with E-state index in [0.717, 1.165) is 11.8 Å². The van der Waals surface area contributed by atoms with Crippen LogP contribution in [0, 0.1) is 23.7 Å². The topological polar surface area (TPSA) is 723 Å². The number of unbranched alkanes of at least 4 members (excludes halogenated alkanes) is 2. The lowest BCUT2D eigenvalue weighted by Gasteiger charge is -2.26. The molecule has 0 aliphatic heterocycles. The number of ketones is 4. The lowest BCUT2D eigenvalue weighted by molar-refractivity contribution is -0.142. The van der Waals surface area contributed by atoms with Gasteiger partial charge in [-0.25, -0.2) is 4.79 Å². The Bertz CT molecular complexity index is 3350. The van der Waals surface area contributed by atoms with Crippen molar-refractivity contribution in [1.29, 1.82) is 0 Å². The minimum atomic E-state index is -2.12. The summed E-state index contributed by atoms with van der Waals surface area (Å²) in [5.41, 5.74) is 7.13. The zero-order valence-electron chi connectivity index (χ0n) is 65.3. The Labute approximate surface area is 673 Å². The molecule has 0 radical (unpaired) electrons. The van der Waals surface area contributed by atoms with E-state index in [1.165, 1.54) is 20.8 Å². The average Bonchev–Trinajstić information content (AvgIpc) is 1.69. The molecule has 43 heteroatoms. The fourth-order valence-electron chi connectivity index (χ4n) is 11.8. The monoisotopic (exact) mass is 1680 g/mol. The smallest absolute Gasteiger partial charge is 0.327 e. The quantitative estimate of drug-likeness (QED) is 0.0164. The number of hydrogen-bond donors (Lipinski definition) is 26. The van der Waals surface area contributed by atoms with Gasteiger partial charge in [0.2, 0.25) is 53.2 Å². The molecule has 9 amide bonds. The van der Waals surface area contributed by atoms with Crippen LogP contribution < -0.4 is 53.6 Å². The van der Waals surface area contributed by atoms with Crippen molar-refractivity contribution in [3.8, 4) is 0 Å². The highest BCUT2D eigenvalue weighted by Crippen LogP contribution is 2.33. The number of anilines is 1. The van der Waals surface area contributed by atoms with E-state index in [-0.39, 0.29) is 51.6 Å². The number of aliphatic hydroxyl groups is 15. The number of nitrogens with two attached hydrogens (primary N) is 1. The van der Waals surface area contributed by atoms with E-state index >= 15 is 0 Å². The highest BCUT2D eigenvalue weighted by molar-refractivity contribution is 8.00. The van der Waals surface area contributed by atoms with Gasteiger partial charge in [-0.15, -0.1) is 11.8 Å². The van der Waals surface area contributed by atoms with Crippen LogP contribution in [0.1, 0.15) is 143 Å². The first-order valence-electron chi connectivity index (χ1n) is 38.1. The molecule has 1 aromatic rings. The van der Waals surface area contributed by atoms with E-state index in [4.69, 9.17) is 20.7 Å². The number of carbonyl (C=O) groups excluding carboxylic acids is 14. The number of ether oxygens (including phenoxy) is 1. The first-order valence-corrected chi connectivity index (χ1v) is 39.1. The summed E-state index contributed by atoms with van der Waals surface area (Å²) in [5.74, 6) is -17.4. The second-order valence-corrected chi connectivity index (χ2v) is 30.0. The zero-order chi connectivity index (χ0) is 87.8. The van der Waals surface area contributed by atoms with Gasteiger partial charge in [0.05, 0.1) is 67.4 Å². The van der Waals surface area contributed by atoms with Crippen molar-refractivity contribution < 1.29 is 158 Å². The fourth-order valence-corrected chi connectivity index (χ4v) is 13.0. The van der Waals surface area contributed by atoms with Crippen LogP contribution in [0.25, 0.3) is 0 Å². The average molecular weight is 1680 g/mol. The van der Waals surface area contributed by atoms with Gasteiger partial charge in [-0.05, 0) is 75.5 Å². The number of nitrogens with one attached hydrogen (secondary N) is 9. The van der Waals surface area contributed by atoms with Crippen LogP contribution in [-0.4, -0.2) is 330 Å². The van der Waals surface area contributed by atoms with Crippen molar-refractivity contribution >= 4 is 106 Å². The summed E-state index contributed by atoms with van der Waals surface area (Å²) in [7, 11) is 0. The van der Waals surface area contributed by atoms with Crippen LogP contribution in [0.3, 0.4) is 0 Å². The number of benzene rings is 1. The summed E-state index contributed by atoms with van der Waals surface area (Å²) in [6, 6.07) is -1.96. The Hall–Kier alpha value is -8.22. The van der Waals surface area contributed by atoms with Gasteiger partial charge in [0.1, 0.15) is 85.5 Å². The summed E-state index contributed by atoms with van der Waals surface area (Å²) in [6.07, 6.45) is -28.6. The number of amides is 9. The number of thioether (sulfide) groups is 1. The minimum absolute atomic E-state index is 0.0323. The van der Waals surface area contributed by atoms with E-state index < -0.39 is 311 Å². The van der Waals surface area contributed by atoms with Gasteiger partial charge in [-0.3, -0.25) is 67.1 Å². The molecule has 42 nitrogen and oxygen atoms in total. The molecule has 1 aliphatic carbocycles. The number of rotatable bonds is 60. The molecule has 1 aromatic carbocycles. The lowest BCUT2D eigenvalue weighted by Crippen LogP contribution is -2.53. The molecule has 0 heterocycles. The van der Waals surface area contributed by atoms with Crippen molar-refractivity contribution in [1.82, 2.24) is 42.5 Å². The van der Waals surface area contributed by atoms with Crippen LogP contribution in [0.2, 0.25) is 0 Å². The normalized spacial score (nSPS) is 18.7. The molecule has 27 N–H and O–H groups in total. The summed E-state index contributed by atoms with van der Waals surface area (Å²) < 4.78 is 4.71. The third kappa shape index (κ3) is 36.3. The van der Waals surface area contributed by atoms with Gasteiger partial charge in [-0.1, -0.05) is 52.7 Å². The summed E-state index contributed by atoms with van der Waals surface area (Å²) in [4.78, 5) is 200. The van der Waals surface area contributed by atoms with Crippen molar-refractivity contribution in [2.24, 2.45) is 29.4 Å². The van der Waals surface area contributed by atoms with Gasteiger partial charge < -0.3 is 140 Å². The van der Waals surface area contributed by atoms with Gasteiger partial charge >= 0.3 is 5.97 Å². The van der Waals surface area contributed by atoms with Crippen LogP contribution in [0.5, 0.6) is 0 Å². The summed E-state index contributed by atoms with van der Waals surface area (Å²) in [5, 5.41) is 179. The van der Waals surface area contributed by atoms with Gasteiger partial charge in [-0.2, -0.15) is 0 Å². The largest absolute Gasteiger partial charge is 0.480 e. The molecule has 22 atom stereocenters. The Kier molecular flexibility index (Phi) is 48.3. The Morgan fingerprint density at radius 1 is 0.517 bits per heavy atom. The number of aliphatic carboxylic acids is 1. The minimum Gasteiger partial charge on any atom is -0.480 e. The standard InChI is InChI=1S/C73H118N10O32S/c1-6-43(80-69(109)38(15-20-56(97)75-26-49(91)62(102)65(105)52(94)29-84)23-48(90)44(7-2)81-71(111)42(74)19-22-58(99)77-28-51(93)64(104)67(107)54(96)31-86)47(89)24-39(16-21-57(98)76-27-50(92)63(103)66(106)53(95)30-85)70(110)82-45(73(113)114)33-116-55-25-46(88)41(61(55)101)11-9-8-10-12-59(100)83-60(35(3)4)72(112)78-36(5)68(108)79-40-17-13-37(14-18-40)32-115-34-87/h13-14,17-18,34-36,38-39,41-45,49-55,60,62-67,84-86,91-96,102-107H,6-12,15-16,19-33,74H2,1-5H3,(H,75,97)(H,76,98)(H,77,99)(H,78,112)(H,79,108)(H,80,109)(H,81,111)(H,82,110)(H,83,100)(H,113,114)/t36-,38+,39+,41?,42-,43+,44+,45+,49-,50-,51-,52+,53+,54+,55?,60-,62+,63+,64+,65+,66+,67+/m0/s1. The molecule has 116 heavy (non-hydrogen) atoms. The van der Waals surface area contributed by atoms with Crippen LogP contribution in [-0.2, 0) is 83.3 Å². The summed E-state index contributed by atoms with van der Waals surface area (Å²) in [6.45, 7) is 2.77. The SMILES string of the molecule is CC[C@@H](NC(=O)[C@H](CCC(=O)NC[C@H](O)[C@@H](O)[C@H](O)[C@H](O)CO)CC(=O)[C@@H](CC)NC(=O)[C@@H](N)CCC(=O)NC[C@H](O)[C@@H](O)[C@H](O)[C@H](O)CO)C(=O)C[C@@H](CCC(=O)NC[C@H](O)[C@@H](O)[C@H](O)[C@H](O)CO)C(=O)N[C@H](CSC1CC(=O)C(CCCCCC(=O)N[C@H](C(=O)N[C@@H](C)C(=O)Nc2ccc(COC=O)cc2)C(C)C)C1=O)C(=O)O. The molecule has 1 fully saturated rings. The van der Waals surface area contributed by atoms with Gasteiger partial charge in [0.15, 0.2) is 17.3 Å².